The molecule has 0 heterocycles. The van der Waals surface area contributed by atoms with Crippen LogP contribution in [-0.2, 0) is 0 Å². The van der Waals surface area contributed by atoms with Gasteiger partial charge in [-0.2, -0.15) is 0 Å². The molecule has 1 saturated carbocycles. The first kappa shape index (κ1) is 14.3. The summed E-state index contributed by atoms with van der Waals surface area (Å²) < 4.78 is 0.956. The van der Waals surface area contributed by atoms with E-state index in [1.807, 2.05) is 32.0 Å². The maximum Gasteiger partial charge on any atom is 0.319 e. The highest BCUT2D eigenvalue weighted by Gasteiger charge is 2.42. The number of hydrogen-bond acceptors (Lipinski definition) is 2. The van der Waals surface area contributed by atoms with Gasteiger partial charge in [-0.3, -0.25) is 0 Å². The van der Waals surface area contributed by atoms with Gasteiger partial charge in [0.25, 0.3) is 0 Å². The number of aliphatic hydroxyl groups is 1. The highest BCUT2D eigenvalue weighted by Crippen LogP contribution is 2.39. The van der Waals surface area contributed by atoms with E-state index in [1.54, 1.807) is 0 Å². The van der Waals surface area contributed by atoms with E-state index >= 15 is 0 Å². The first-order valence-corrected chi connectivity index (χ1v) is 7.20. The highest BCUT2D eigenvalue weighted by atomic mass is 79.9. The van der Waals surface area contributed by atoms with Crippen molar-refractivity contribution in [3.63, 3.8) is 0 Å². The molecule has 1 aliphatic carbocycles. The summed E-state index contributed by atoms with van der Waals surface area (Å²) in [4.78, 5) is 12.0. The van der Waals surface area contributed by atoms with Gasteiger partial charge in [-0.05, 0) is 50.3 Å². The van der Waals surface area contributed by atoms with Crippen LogP contribution in [0.2, 0.25) is 0 Å². The molecule has 5 heteroatoms. The SMILES string of the molecule is Cc1ccc(NC(=O)NC(C)(CO)C2CC2)cc1Br. The van der Waals surface area contributed by atoms with Crippen molar-refractivity contribution < 1.29 is 9.90 Å². The van der Waals surface area contributed by atoms with Gasteiger partial charge in [0.1, 0.15) is 0 Å². The van der Waals surface area contributed by atoms with Gasteiger partial charge in [-0.25, -0.2) is 4.79 Å². The molecule has 1 aliphatic rings. The lowest BCUT2D eigenvalue weighted by Crippen LogP contribution is -2.52. The molecule has 0 bridgehead atoms. The van der Waals surface area contributed by atoms with Gasteiger partial charge in [0.15, 0.2) is 0 Å². The summed E-state index contributed by atoms with van der Waals surface area (Å²) in [6, 6.07) is 5.38. The molecule has 3 N–H and O–H groups in total. The molecular formula is C14H19BrN2O2. The molecule has 1 fully saturated rings. The molecule has 0 spiro atoms. The van der Waals surface area contributed by atoms with Gasteiger partial charge >= 0.3 is 6.03 Å². The number of aryl methyl sites for hydroxylation is 1. The smallest absolute Gasteiger partial charge is 0.319 e. The Kier molecular flexibility index (Phi) is 4.16. The van der Waals surface area contributed by atoms with Crippen LogP contribution in [0.1, 0.15) is 25.3 Å². The van der Waals surface area contributed by atoms with Gasteiger partial charge < -0.3 is 15.7 Å². The van der Waals surface area contributed by atoms with Crippen LogP contribution in [-0.4, -0.2) is 23.3 Å². The Labute approximate surface area is 121 Å². The molecule has 4 nitrogen and oxygen atoms in total. The second-order valence-electron chi connectivity index (χ2n) is 5.39. The Morgan fingerprint density at radius 3 is 2.74 bits per heavy atom. The molecule has 0 radical (unpaired) electrons. The number of aliphatic hydroxyl groups excluding tert-OH is 1. The van der Waals surface area contributed by atoms with Crippen LogP contribution in [0, 0.1) is 12.8 Å². The molecule has 0 saturated heterocycles. The Balaban J connectivity index is 1.98. The lowest BCUT2D eigenvalue weighted by Gasteiger charge is -2.28. The van der Waals surface area contributed by atoms with Crippen molar-refractivity contribution in [1.82, 2.24) is 5.32 Å². The molecule has 2 rings (SSSR count). The minimum Gasteiger partial charge on any atom is -0.394 e. The number of amides is 2. The van der Waals surface area contributed by atoms with E-state index in [1.165, 1.54) is 0 Å². The number of nitrogens with one attached hydrogen (secondary N) is 2. The Morgan fingerprint density at radius 2 is 2.21 bits per heavy atom. The van der Waals surface area contributed by atoms with Gasteiger partial charge in [-0.15, -0.1) is 0 Å². The number of rotatable bonds is 4. The zero-order valence-electron chi connectivity index (χ0n) is 11.2. The lowest BCUT2D eigenvalue weighted by molar-refractivity contribution is 0.159. The highest BCUT2D eigenvalue weighted by molar-refractivity contribution is 9.10. The predicted octanol–water partition coefficient (Wildman–Crippen LogP) is 3.04. The van der Waals surface area contributed by atoms with E-state index in [4.69, 9.17) is 0 Å². The van der Waals surface area contributed by atoms with E-state index in [0.717, 1.165) is 28.6 Å². The van der Waals surface area contributed by atoms with Crippen molar-refractivity contribution in [2.24, 2.45) is 5.92 Å². The fraction of sp³-hybridized carbons (Fsp3) is 0.500. The maximum absolute atomic E-state index is 12.0. The molecule has 1 unspecified atom stereocenters. The van der Waals surface area contributed by atoms with E-state index in [-0.39, 0.29) is 12.6 Å². The third kappa shape index (κ3) is 3.48. The Hall–Kier alpha value is -1.07. The van der Waals surface area contributed by atoms with Crippen LogP contribution in [0.4, 0.5) is 10.5 Å². The van der Waals surface area contributed by atoms with Gasteiger partial charge in [0.05, 0.1) is 12.1 Å². The quantitative estimate of drug-likeness (QED) is 0.796. The van der Waals surface area contributed by atoms with Gasteiger partial charge in [-0.1, -0.05) is 22.0 Å². The molecule has 0 aliphatic heterocycles. The molecule has 1 atom stereocenters. The lowest BCUT2D eigenvalue weighted by atomic mass is 9.97. The number of carbonyl (C=O) groups is 1. The standard InChI is InChI=1S/C14H19BrN2O2/c1-9-3-6-11(7-12(9)15)16-13(19)17-14(2,8-18)10-4-5-10/h3,6-7,10,18H,4-5,8H2,1-2H3,(H2,16,17,19). The van der Waals surface area contributed by atoms with Crippen molar-refractivity contribution in [1.29, 1.82) is 0 Å². The maximum atomic E-state index is 12.0. The second kappa shape index (κ2) is 5.51. The molecular weight excluding hydrogens is 308 g/mol. The zero-order valence-corrected chi connectivity index (χ0v) is 12.8. The summed E-state index contributed by atoms with van der Waals surface area (Å²) in [5.74, 6) is 0.382. The van der Waals surface area contributed by atoms with Crippen LogP contribution in [0.25, 0.3) is 0 Å². The average Bonchev–Trinajstić information content (AvgIpc) is 3.18. The third-order valence-electron chi connectivity index (χ3n) is 3.64. The fourth-order valence-electron chi connectivity index (χ4n) is 2.08. The van der Waals surface area contributed by atoms with Crippen molar-refractivity contribution in [2.45, 2.75) is 32.2 Å². The van der Waals surface area contributed by atoms with Crippen molar-refractivity contribution in [3.8, 4) is 0 Å². The number of urea groups is 1. The van der Waals surface area contributed by atoms with E-state index in [2.05, 4.69) is 26.6 Å². The predicted molar refractivity (Wildman–Crippen MR) is 79.2 cm³/mol. The summed E-state index contributed by atoms with van der Waals surface area (Å²) in [7, 11) is 0. The fourth-order valence-corrected chi connectivity index (χ4v) is 2.46. The van der Waals surface area contributed by atoms with Crippen molar-refractivity contribution in [3.05, 3.63) is 28.2 Å². The van der Waals surface area contributed by atoms with Crippen LogP contribution in [0.3, 0.4) is 0 Å². The first-order valence-electron chi connectivity index (χ1n) is 6.41. The molecule has 2 amide bonds. The second-order valence-corrected chi connectivity index (χ2v) is 6.25. The number of carbonyl (C=O) groups excluding carboxylic acids is 1. The van der Waals surface area contributed by atoms with Crippen molar-refractivity contribution >= 4 is 27.6 Å². The van der Waals surface area contributed by atoms with Crippen molar-refractivity contribution in [2.75, 3.05) is 11.9 Å². The first-order chi connectivity index (χ1) is 8.94. The normalized spacial score (nSPS) is 17.7. The van der Waals surface area contributed by atoms with Crippen LogP contribution in [0.5, 0.6) is 0 Å². The Morgan fingerprint density at radius 1 is 1.53 bits per heavy atom. The molecule has 104 valence electrons. The van der Waals surface area contributed by atoms with Crippen LogP contribution in [0.15, 0.2) is 22.7 Å². The number of hydrogen-bond donors (Lipinski definition) is 3. The van der Waals surface area contributed by atoms with Gasteiger partial charge in [0, 0.05) is 10.2 Å². The number of anilines is 1. The third-order valence-corrected chi connectivity index (χ3v) is 4.49. The summed E-state index contributed by atoms with van der Waals surface area (Å²) in [5, 5.41) is 15.1. The topological polar surface area (TPSA) is 61.4 Å². The Bertz CT molecular complexity index is 488. The summed E-state index contributed by atoms with van der Waals surface area (Å²) in [5.41, 5.74) is 1.32. The molecule has 1 aromatic carbocycles. The molecule has 19 heavy (non-hydrogen) atoms. The molecule has 0 aromatic heterocycles. The van der Waals surface area contributed by atoms with E-state index in [9.17, 15) is 9.90 Å². The largest absolute Gasteiger partial charge is 0.394 e. The van der Waals surface area contributed by atoms with E-state index in [0.29, 0.717) is 5.92 Å². The zero-order chi connectivity index (χ0) is 14.0. The summed E-state index contributed by atoms with van der Waals surface area (Å²) in [6.45, 7) is 3.84. The minimum absolute atomic E-state index is 0.0390. The van der Waals surface area contributed by atoms with Crippen LogP contribution < -0.4 is 10.6 Å². The van der Waals surface area contributed by atoms with E-state index < -0.39 is 5.54 Å². The number of benzene rings is 1. The molecule has 1 aromatic rings. The minimum atomic E-state index is -0.522. The average molecular weight is 327 g/mol. The summed E-state index contributed by atoms with van der Waals surface area (Å²) in [6.07, 6.45) is 2.13. The van der Waals surface area contributed by atoms with Gasteiger partial charge in [0.2, 0.25) is 0 Å². The number of halogens is 1. The van der Waals surface area contributed by atoms with Crippen LogP contribution >= 0.6 is 15.9 Å². The monoisotopic (exact) mass is 326 g/mol. The summed E-state index contributed by atoms with van der Waals surface area (Å²) >= 11 is 3.43.